The molecule has 0 fully saturated rings. The Balaban J connectivity index is 1.86. The molecule has 6 nitrogen and oxygen atoms in total. The van der Waals surface area contributed by atoms with Crippen LogP contribution in [0, 0.1) is 0 Å². The summed E-state index contributed by atoms with van der Waals surface area (Å²) in [6.45, 7) is 0.360. The molecule has 0 spiro atoms. The molecule has 0 radical (unpaired) electrons. The maximum Gasteiger partial charge on any atom is 0.261 e. The fraction of sp³-hybridized carbons (Fsp3) is 0.250. The van der Waals surface area contributed by atoms with Crippen LogP contribution in [0.1, 0.15) is 15.2 Å². The number of amides is 1. The third kappa shape index (κ3) is 2.87. The number of aryl methyl sites for hydroxylation is 1. The molecule has 3 rings (SSSR count). The summed E-state index contributed by atoms with van der Waals surface area (Å²) in [6.07, 6.45) is 1.75. The van der Waals surface area contributed by atoms with Gasteiger partial charge in [0.25, 0.3) is 5.91 Å². The number of benzene rings is 1. The molecule has 23 heavy (non-hydrogen) atoms. The van der Waals surface area contributed by atoms with E-state index in [1.54, 1.807) is 32.7 Å². The number of carbonyl (C=O) groups is 1. The van der Waals surface area contributed by atoms with Gasteiger partial charge in [-0.3, -0.25) is 4.79 Å². The number of nitrogens with zero attached hydrogens (tertiary/aromatic N) is 2. The molecular formula is C16H17N3O3S. The van der Waals surface area contributed by atoms with Gasteiger partial charge < -0.3 is 19.4 Å². The van der Waals surface area contributed by atoms with Crippen molar-refractivity contribution in [3.63, 3.8) is 0 Å². The summed E-state index contributed by atoms with van der Waals surface area (Å²) >= 11 is 1.31. The zero-order chi connectivity index (χ0) is 16.4. The number of rotatable bonds is 5. The van der Waals surface area contributed by atoms with Gasteiger partial charge in [0.15, 0.2) is 5.06 Å². The summed E-state index contributed by atoms with van der Waals surface area (Å²) in [5, 5.41) is 3.64. The molecule has 1 amide bonds. The minimum atomic E-state index is -0.139. The first-order chi connectivity index (χ1) is 11.1. The van der Waals surface area contributed by atoms with E-state index >= 15 is 0 Å². The number of nitrogens with one attached hydrogen (secondary N) is 1. The SMILES string of the molecule is COc1ccc(C(=O)NCc2c(OC)ccc3ncn(C)c23)s1. The minimum absolute atomic E-state index is 0.139. The van der Waals surface area contributed by atoms with Gasteiger partial charge in [-0.25, -0.2) is 4.98 Å². The number of fused-ring (bicyclic) bond motifs is 1. The lowest BCUT2D eigenvalue weighted by Gasteiger charge is -2.11. The molecule has 2 aromatic heterocycles. The van der Waals surface area contributed by atoms with Crippen LogP contribution in [-0.4, -0.2) is 29.7 Å². The number of imidazole rings is 1. The smallest absolute Gasteiger partial charge is 0.261 e. The number of hydrogen-bond donors (Lipinski definition) is 1. The Hall–Kier alpha value is -2.54. The average molecular weight is 331 g/mol. The molecule has 0 atom stereocenters. The quantitative estimate of drug-likeness (QED) is 0.780. The van der Waals surface area contributed by atoms with Gasteiger partial charge in [-0.2, -0.15) is 0 Å². The van der Waals surface area contributed by atoms with E-state index in [9.17, 15) is 4.79 Å². The van der Waals surface area contributed by atoms with Crippen LogP contribution in [-0.2, 0) is 13.6 Å². The van der Waals surface area contributed by atoms with E-state index in [0.29, 0.717) is 16.5 Å². The van der Waals surface area contributed by atoms with Gasteiger partial charge in [-0.05, 0) is 24.3 Å². The Morgan fingerprint density at radius 2 is 2.09 bits per heavy atom. The monoisotopic (exact) mass is 331 g/mol. The largest absolute Gasteiger partial charge is 0.496 e. The number of hydrogen-bond acceptors (Lipinski definition) is 5. The highest BCUT2D eigenvalue weighted by molar-refractivity contribution is 7.15. The summed E-state index contributed by atoms with van der Waals surface area (Å²) in [4.78, 5) is 17.2. The predicted octanol–water partition coefficient (Wildman–Crippen LogP) is 2.58. The number of thiophene rings is 1. The van der Waals surface area contributed by atoms with Crippen LogP contribution in [0.5, 0.6) is 10.8 Å². The van der Waals surface area contributed by atoms with Crippen LogP contribution in [0.4, 0.5) is 0 Å². The van der Waals surface area contributed by atoms with E-state index in [4.69, 9.17) is 9.47 Å². The summed E-state index contributed by atoms with van der Waals surface area (Å²) < 4.78 is 12.5. The molecule has 120 valence electrons. The standard InChI is InChI=1S/C16H17N3O3S/c1-19-9-18-11-4-5-12(21-2)10(15(11)19)8-17-16(20)13-6-7-14(22-3)23-13/h4-7,9H,8H2,1-3H3,(H,17,20). The third-order valence-corrected chi connectivity index (χ3v) is 4.64. The van der Waals surface area contributed by atoms with Crippen molar-refractivity contribution < 1.29 is 14.3 Å². The zero-order valence-corrected chi connectivity index (χ0v) is 13.9. The van der Waals surface area contributed by atoms with Crippen molar-refractivity contribution >= 4 is 28.3 Å². The van der Waals surface area contributed by atoms with E-state index in [1.807, 2.05) is 23.7 Å². The molecule has 0 aliphatic carbocycles. The number of aromatic nitrogens is 2. The van der Waals surface area contributed by atoms with Crippen LogP contribution in [0.15, 0.2) is 30.6 Å². The van der Waals surface area contributed by atoms with Crippen molar-refractivity contribution in [2.75, 3.05) is 14.2 Å². The minimum Gasteiger partial charge on any atom is -0.496 e. The number of methoxy groups -OCH3 is 2. The molecule has 0 bridgehead atoms. The molecule has 1 N–H and O–H groups in total. The first kappa shape index (κ1) is 15.4. The van der Waals surface area contributed by atoms with Gasteiger partial charge in [-0.15, -0.1) is 0 Å². The fourth-order valence-electron chi connectivity index (χ4n) is 2.48. The molecule has 0 saturated carbocycles. The molecule has 1 aromatic carbocycles. The highest BCUT2D eigenvalue weighted by Gasteiger charge is 2.15. The zero-order valence-electron chi connectivity index (χ0n) is 13.1. The summed E-state index contributed by atoms with van der Waals surface area (Å²) in [5.74, 6) is 0.588. The van der Waals surface area contributed by atoms with Crippen LogP contribution in [0.25, 0.3) is 11.0 Å². The lowest BCUT2D eigenvalue weighted by atomic mass is 10.1. The van der Waals surface area contributed by atoms with Crippen LogP contribution >= 0.6 is 11.3 Å². The molecular weight excluding hydrogens is 314 g/mol. The van der Waals surface area contributed by atoms with E-state index in [0.717, 1.165) is 22.3 Å². The Morgan fingerprint density at radius 1 is 1.26 bits per heavy atom. The van der Waals surface area contributed by atoms with Crippen molar-refractivity contribution in [1.29, 1.82) is 0 Å². The second-order valence-corrected chi connectivity index (χ2v) is 6.02. The molecule has 0 saturated heterocycles. The molecule has 0 aliphatic rings. The maximum atomic E-state index is 12.3. The molecule has 0 aliphatic heterocycles. The summed E-state index contributed by atoms with van der Waals surface area (Å²) in [7, 11) is 5.12. The predicted molar refractivity (Wildman–Crippen MR) is 89.3 cm³/mol. The Morgan fingerprint density at radius 3 is 2.78 bits per heavy atom. The normalized spacial score (nSPS) is 10.7. The van der Waals surface area contributed by atoms with Crippen molar-refractivity contribution in [3.8, 4) is 10.8 Å². The Kier molecular flexibility index (Phi) is 4.20. The summed E-state index contributed by atoms with van der Waals surface area (Å²) in [6, 6.07) is 7.30. The van der Waals surface area contributed by atoms with Crippen molar-refractivity contribution in [3.05, 3.63) is 41.0 Å². The highest BCUT2D eigenvalue weighted by atomic mass is 32.1. The maximum absolute atomic E-state index is 12.3. The van der Waals surface area contributed by atoms with Crippen LogP contribution < -0.4 is 14.8 Å². The van der Waals surface area contributed by atoms with Crippen molar-refractivity contribution in [2.45, 2.75) is 6.54 Å². The first-order valence-electron chi connectivity index (χ1n) is 7.03. The summed E-state index contributed by atoms with van der Waals surface area (Å²) in [5.41, 5.74) is 2.73. The lowest BCUT2D eigenvalue weighted by molar-refractivity contribution is 0.0955. The Bertz CT molecular complexity index is 853. The molecule has 0 unspecified atom stereocenters. The van der Waals surface area contributed by atoms with Gasteiger partial charge in [0.1, 0.15) is 5.75 Å². The van der Waals surface area contributed by atoms with Gasteiger partial charge >= 0.3 is 0 Å². The third-order valence-electron chi connectivity index (χ3n) is 3.59. The molecule has 7 heteroatoms. The fourth-order valence-corrected chi connectivity index (χ4v) is 3.22. The van der Waals surface area contributed by atoms with E-state index in [2.05, 4.69) is 10.3 Å². The molecule has 3 aromatic rings. The van der Waals surface area contributed by atoms with Gasteiger partial charge in [0, 0.05) is 19.2 Å². The lowest BCUT2D eigenvalue weighted by Crippen LogP contribution is -2.22. The van der Waals surface area contributed by atoms with Crippen molar-refractivity contribution in [2.24, 2.45) is 7.05 Å². The van der Waals surface area contributed by atoms with E-state index in [-0.39, 0.29) is 5.91 Å². The van der Waals surface area contributed by atoms with E-state index in [1.165, 1.54) is 11.3 Å². The Labute approximate surface area is 137 Å². The topological polar surface area (TPSA) is 65.4 Å². The molecule has 2 heterocycles. The van der Waals surface area contributed by atoms with E-state index < -0.39 is 0 Å². The second-order valence-electron chi connectivity index (χ2n) is 4.98. The second kappa shape index (κ2) is 6.29. The first-order valence-corrected chi connectivity index (χ1v) is 7.84. The van der Waals surface area contributed by atoms with Gasteiger partial charge in [0.05, 0.1) is 36.5 Å². The number of carbonyl (C=O) groups excluding carboxylic acids is 1. The van der Waals surface area contributed by atoms with Crippen LogP contribution in [0.2, 0.25) is 0 Å². The number of ether oxygens (including phenoxy) is 2. The van der Waals surface area contributed by atoms with Crippen LogP contribution in [0.3, 0.4) is 0 Å². The average Bonchev–Trinajstić information content (AvgIpc) is 3.19. The van der Waals surface area contributed by atoms with Gasteiger partial charge in [0.2, 0.25) is 0 Å². The van der Waals surface area contributed by atoms with Crippen molar-refractivity contribution in [1.82, 2.24) is 14.9 Å². The van der Waals surface area contributed by atoms with Gasteiger partial charge in [-0.1, -0.05) is 11.3 Å². The highest BCUT2D eigenvalue weighted by Crippen LogP contribution is 2.28.